The van der Waals surface area contributed by atoms with Crippen LogP contribution in [0.2, 0.25) is 0 Å². The zero-order chi connectivity index (χ0) is 30.9. The fourth-order valence-electron chi connectivity index (χ4n) is 7.78. The average molecular weight is 613 g/mol. The lowest BCUT2D eigenvalue weighted by molar-refractivity contribution is 1.65. The molecule has 0 nitrogen and oxygen atoms in total. The third-order valence-corrected chi connectivity index (χ3v) is 11.1. The Morgan fingerprint density at radius 3 is 1.53 bits per heavy atom. The summed E-state index contributed by atoms with van der Waals surface area (Å²) in [6, 6.07) is 62.7. The zero-order valence-electron chi connectivity index (χ0n) is 25.6. The van der Waals surface area contributed by atoms with Gasteiger partial charge in [0, 0.05) is 20.2 Å². The van der Waals surface area contributed by atoms with Gasteiger partial charge in [-0.05, 0) is 82.5 Å². The highest BCUT2D eigenvalue weighted by Crippen LogP contribution is 2.46. The molecule has 1 heterocycles. The van der Waals surface area contributed by atoms with Crippen molar-refractivity contribution in [2.75, 3.05) is 0 Å². The Hall–Kier alpha value is -5.76. The van der Waals surface area contributed by atoms with Gasteiger partial charge in [-0.1, -0.05) is 164 Å². The molecule has 0 aliphatic rings. The molecular weight excluding hydrogens is 585 g/mol. The first-order chi connectivity index (χ1) is 23.3. The van der Waals surface area contributed by atoms with Gasteiger partial charge in [0.2, 0.25) is 0 Å². The molecule has 0 aliphatic heterocycles. The molecule has 1 aromatic heterocycles. The van der Waals surface area contributed by atoms with E-state index in [4.69, 9.17) is 0 Å². The summed E-state index contributed by atoms with van der Waals surface area (Å²) in [6.45, 7) is 0. The van der Waals surface area contributed by atoms with E-state index in [0.717, 1.165) is 0 Å². The second kappa shape index (κ2) is 10.4. The molecule has 10 rings (SSSR count). The summed E-state index contributed by atoms with van der Waals surface area (Å²) in [5.74, 6) is 0. The molecule has 0 radical (unpaired) electrons. The van der Waals surface area contributed by atoms with Crippen LogP contribution in [0.5, 0.6) is 0 Å². The van der Waals surface area contributed by atoms with Crippen molar-refractivity contribution < 1.29 is 0 Å². The second-order valence-corrected chi connectivity index (χ2v) is 13.4. The van der Waals surface area contributed by atoms with Crippen molar-refractivity contribution in [3.05, 3.63) is 170 Å². The van der Waals surface area contributed by atoms with Gasteiger partial charge in [-0.3, -0.25) is 0 Å². The highest BCUT2D eigenvalue weighted by Gasteiger charge is 2.18. The third kappa shape index (κ3) is 4.00. The van der Waals surface area contributed by atoms with Gasteiger partial charge in [0.1, 0.15) is 0 Å². The zero-order valence-corrected chi connectivity index (χ0v) is 26.4. The van der Waals surface area contributed by atoms with Crippen molar-refractivity contribution in [3.63, 3.8) is 0 Å². The Balaban J connectivity index is 1.20. The summed E-state index contributed by atoms with van der Waals surface area (Å²) in [7, 11) is 0. The lowest BCUT2D eigenvalue weighted by Crippen LogP contribution is -1.92. The molecule has 218 valence electrons. The van der Waals surface area contributed by atoms with Crippen LogP contribution in [0.3, 0.4) is 0 Å². The van der Waals surface area contributed by atoms with E-state index >= 15 is 0 Å². The van der Waals surface area contributed by atoms with Gasteiger partial charge in [0.05, 0.1) is 0 Å². The number of hydrogen-bond donors (Lipinski definition) is 0. The number of rotatable bonds is 3. The molecule has 0 fully saturated rings. The third-order valence-electron chi connectivity index (χ3n) is 9.88. The topological polar surface area (TPSA) is 0 Å². The Morgan fingerprint density at radius 2 is 0.809 bits per heavy atom. The van der Waals surface area contributed by atoms with E-state index in [9.17, 15) is 0 Å². The lowest BCUT2D eigenvalue weighted by atomic mass is 9.84. The SMILES string of the molecule is c1ccc2c(c1)ccc1c(-c3c4ccccc4c(-c4ccc(-c5cccc6c5sc5ccccc56)cc4)c4ccccc34)cccc12. The Morgan fingerprint density at radius 1 is 0.277 bits per heavy atom. The first-order valence-electron chi connectivity index (χ1n) is 16.2. The molecule has 0 spiro atoms. The molecule has 47 heavy (non-hydrogen) atoms. The fourth-order valence-corrected chi connectivity index (χ4v) is 9.02. The van der Waals surface area contributed by atoms with Crippen LogP contribution < -0.4 is 0 Å². The molecule has 0 atom stereocenters. The molecule has 0 aliphatic carbocycles. The van der Waals surface area contributed by atoms with Crippen LogP contribution in [-0.4, -0.2) is 0 Å². The van der Waals surface area contributed by atoms with E-state index in [2.05, 4.69) is 170 Å². The first-order valence-corrected chi connectivity index (χ1v) is 17.0. The fraction of sp³-hybridized carbons (Fsp3) is 0. The maximum absolute atomic E-state index is 2.32. The van der Waals surface area contributed by atoms with Crippen LogP contribution in [0, 0.1) is 0 Å². The molecular formula is C46H28S. The molecule has 0 unspecified atom stereocenters. The number of thiophene rings is 1. The summed E-state index contributed by atoms with van der Waals surface area (Å²) in [6.07, 6.45) is 0. The Labute approximate surface area is 276 Å². The summed E-state index contributed by atoms with van der Waals surface area (Å²) >= 11 is 1.89. The van der Waals surface area contributed by atoms with Gasteiger partial charge in [0.25, 0.3) is 0 Å². The minimum Gasteiger partial charge on any atom is -0.135 e. The maximum atomic E-state index is 2.32. The van der Waals surface area contributed by atoms with Crippen LogP contribution in [-0.2, 0) is 0 Å². The molecule has 0 saturated carbocycles. The molecule has 1 heteroatoms. The van der Waals surface area contributed by atoms with E-state index in [0.29, 0.717) is 0 Å². The van der Waals surface area contributed by atoms with Gasteiger partial charge in [-0.15, -0.1) is 11.3 Å². The molecule has 9 aromatic carbocycles. The van der Waals surface area contributed by atoms with E-state index in [1.807, 2.05) is 11.3 Å². The van der Waals surface area contributed by atoms with Gasteiger partial charge in [0.15, 0.2) is 0 Å². The minimum absolute atomic E-state index is 1.24. The first kappa shape index (κ1) is 26.5. The second-order valence-electron chi connectivity index (χ2n) is 12.4. The molecule has 0 bridgehead atoms. The molecule has 0 N–H and O–H groups in total. The van der Waals surface area contributed by atoms with Crippen molar-refractivity contribution in [1.29, 1.82) is 0 Å². The predicted octanol–water partition coefficient (Wildman–Crippen LogP) is 13.7. The van der Waals surface area contributed by atoms with Crippen molar-refractivity contribution in [3.8, 4) is 33.4 Å². The number of hydrogen-bond acceptors (Lipinski definition) is 1. The quantitative estimate of drug-likeness (QED) is 0.138. The van der Waals surface area contributed by atoms with E-state index < -0.39 is 0 Å². The standard InChI is InChI=1S/C46H28S/c1-2-12-32-29(11-1)27-28-35-34(32)19-10-20-37(35)45-40-16-5-3-14-38(40)44(39-15-4-6-17-41(39)45)31-25-23-30(24-26-31)33-18-9-21-42-36-13-7-8-22-43(36)47-46(33)42/h1-28H. The summed E-state index contributed by atoms with van der Waals surface area (Å²) in [4.78, 5) is 0. The number of fused-ring (bicyclic) bond motifs is 8. The highest BCUT2D eigenvalue weighted by atomic mass is 32.1. The van der Waals surface area contributed by atoms with Crippen LogP contribution in [0.4, 0.5) is 0 Å². The molecule has 0 saturated heterocycles. The van der Waals surface area contributed by atoms with Crippen molar-refractivity contribution in [2.24, 2.45) is 0 Å². The van der Waals surface area contributed by atoms with Crippen LogP contribution in [0.1, 0.15) is 0 Å². The van der Waals surface area contributed by atoms with Crippen molar-refractivity contribution in [1.82, 2.24) is 0 Å². The van der Waals surface area contributed by atoms with E-state index in [1.165, 1.54) is 96.6 Å². The maximum Gasteiger partial charge on any atom is 0.0433 e. The summed E-state index contributed by atoms with van der Waals surface area (Å²) in [5.41, 5.74) is 7.65. The number of benzene rings is 9. The minimum atomic E-state index is 1.24. The lowest BCUT2D eigenvalue weighted by Gasteiger charge is -2.19. The van der Waals surface area contributed by atoms with Crippen LogP contribution in [0.15, 0.2) is 170 Å². The molecule has 0 amide bonds. The molecule has 10 aromatic rings. The van der Waals surface area contributed by atoms with Crippen molar-refractivity contribution >= 4 is 74.6 Å². The van der Waals surface area contributed by atoms with Gasteiger partial charge in [-0.2, -0.15) is 0 Å². The smallest absolute Gasteiger partial charge is 0.0433 e. The normalized spacial score (nSPS) is 11.8. The van der Waals surface area contributed by atoms with Gasteiger partial charge >= 0.3 is 0 Å². The summed E-state index contributed by atoms with van der Waals surface area (Å²) < 4.78 is 2.69. The van der Waals surface area contributed by atoms with Gasteiger partial charge in [-0.25, -0.2) is 0 Å². The summed E-state index contributed by atoms with van der Waals surface area (Å²) in [5, 5.41) is 12.9. The Kier molecular flexibility index (Phi) is 5.85. The highest BCUT2D eigenvalue weighted by molar-refractivity contribution is 7.26. The monoisotopic (exact) mass is 612 g/mol. The van der Waals surface area contributed by atoms with E-state index in [1.54, 1.807) is 0 Å². The van der Waals surface area contributed by atoms with Crippen LogP contribution in [0.25, 0.3) is 96.6 Å². The van der Waals surface area contributed by atoms with Gasteiger partial charge < -0.3 is 0 Å². The predicted molar refractivity (Wildman–Crippen MR) is 206 cm³/mol. The largest absolute Gasteiger partial charge is 0.135 e. The van der Waals surface area contributed by atoms with Crippen LogP contribution >= 0.6 is 11.3 Å². The average Bonchev–Trinajstić information content (AvgIpc) is 3.53. The Bertz CT molecular complexity index is 2780. The van der Waals surface area contributed by atoms with Crippen molar-refractivity contribution in [2.45, 2.75) is 0 Å². The van der Waals surface area contributed by atoms with E-state index in [-0.39, 0.29) is 0 Å².